The predicted molar refractivity (Wildman–Crippen MR) is 126 cm³/mol. The second-order valence-corrected chi connectivity index (χ2v) is 8.99. The van der Waals surface area contributed by atoms with Crippen LogP contribution in [0.3, 0.4) is 0 Å². The lowest BCUT2D eigenvalue weighted by molar-refractivity contribution is 0.302. The fraction of sp³-hybridized carbons (Fsp3) is 0.630. The highest BCUT2D eigenvalue weighted by molar-refractivity contribution is 5.56. The Hall–Kier alpha value is -1.90. The summed E-state index contributed by atoms with van der Waals surface area (Å²) in [5, 5.41) is 0. The molecule has 0 amide bonds. The van der Waals surface area contributed by atoms with Crippen molar-refractivity contribution in [3.63, 3.8) is 0 Å². The number of aromatic nitrogens is 2. The van der Waals surface area contributed by atoms with Gasteiger partial charge in [0.05, 0.1) is 6.61 Å². The second-order valence-electron chi connectivity index (χ2n) is 8.99. The first-order chi connectivity index (χ1) is 14.8. The Labute approximate surface area is 183 Å². The molecule has 3 heteroatoms. The number of ether oxygens (including phenoxy) is 1. The molecule has 0 atom stereocenters. The van der Waals surface area contributed by atoms with Crippen LogP contribution in [0.4, 0.5) is 0 Å². The SMILES string of the molecule is CCCCCCOc1ccc(-c2ncc(C3CCC(CCCCC)CC3)cn2)cc1. The first-order valence-electron chi connectivity index (χ1n) is 12.3. The quantitative estimate of drug-likeness (QED) is 0.334. The molecule has 3 rings (SSSR count). The molecule has 0 unspecified atom stereocenters. The second kappa shape index (κ2) is 12.7. The Bertz CT molecular complexity index is 703. The molecular weight excluding hydrogens is 368 g/mol. The molecule has 0 N–H and O–H groups in total. The van der Waals surface area contributed by atoms with Crippen molar-refractivity contribution in [3.8, 4) is 17.1 Å². The zero-order chi connectivity index (χ0) is 21.0. The van der Waals surface area contributed by atoms with Crippen molar-refractivity contribution in [1.82, 2.24) is 9.97 Å². The van der Waals surface area contributed by atoms with Crippen LogP contribution in [0.1, 0.15) is 102 Å². The van der Waals surface area contributed by atoms with Crippen LogP contribution < -0.4 is 4.74 Å². The van der Waals surface area contributed by atoms with Crippen LogP contribution in [0.5, 0.6) is 5.75 Å². The van der Waals surface area contributed by atoms with Crippen molar-refractivity contribution >= 4 is 0 Å². The molecule has 0 aliphatic heterocycles. The van der Waals surface area contributed by atoms with Crippen molar-refractivity contribution in [2.24, 2.45) is 5.92 Å². The highest BCUT2D eigenvalue weighted by Crippen LogP contribution is 2.37. The van der Waals surface area contributed by atoms with Gasteiger partial charge in [0.25, 0.3) is 0 Å². The van der Waals surface area contributed by atoms with Crippen molar-refractivity contribution in [2.45, 2.75) is 96.8 Å². The summed E-state index contributed by atoms with van der Waals surface area (Å²) >= 11 is 0. The van der Waals surface area contributed by atoms with Gasteiger partial charge in [0.15, 0.2) is 5.82 Å². The van der Waals surface area contributed by atoms with E-state index < -0.39 is 0 Å². The van der Waals surface area contributed by atoms with E-state index in [1.807, 2.05) is 12.1 Å². The molecule has 1 heterocycles. The van der Waals surface area contributed by atoms with E-state index in [0.717, 1.165) is 36.1 Å². The number of unbranched alkanes of at least 4 members (excludes halogenated alkanes) is 5. The summed E-state index contributed by atoms with van der Waals surface area (Å²) in [5.74, 6) is 3.33. The van der Waals surface area contributed by atoms with Crippen molar-refractivity contribution in [3.05, 3.63) is 42.2 Å². The summed E-state index contributed by atoms with van der Waals surface area (Å²) in [6.07, 6.45) is 19.9. The molecule has 0 bridgehead atoms. The Morgan fingerprint density at radius 2 is 1.47 bits per heavy atom. The van der Waals surface area contributed by atoms with Gasteiger partial charge >= 0.3 is 0 Å². The molecule has 0 spiro atoms. The molecule has 2 aromatic rings. The predicted octanol–water partition coefficient (Wildman–Crippen LogP) is 7.96. The Balaban J connectivity index is 1.46. The van der Waals surface area contributed by atoms with Gasteiger partial charge in [-0.2, -0.15) is 0 Å². The topological polar surface area (TPSA) is 35.0 Å². The molecule has 0 radical (unpaired) electrons. The van der Waals surface area contributed by atoms with E-state index in [-0.39, 0.29) is 0 Å². The van der Waals surface area contributed by atoms with Crippen LogP contribution in [-0.2, 0) is 0 Å². The van der Waals surface area contributed by atoms with Crippen LogP contribution in [0.15, 0.2) is 36.7 Å². The van der Waals surface area contributed by atoms with Crippen LogP contribution in [0, 0.1) is 5.92 Å². The average Bonchev–Trinajstić information content (AvgIpc) is 2.80. The molecule has 1 fully saturated rings. The molecule has 3 nitrogen and oxygen atoms in total. The lowest BCUT2D eigenvalue weighted by atomic mass is 9.77. The van der Waals surface area contributed by atoms with Crippen molar-refractivity contribution in [1.29, 1.82) is 0 Å². The Kier molecular flexibility index (Phi) is 9.66. The van der Waals surface area contributed by atoms with Crippen LogP contribution in [-0.4, -0.2) is 16.6 Å². The van der Waals surface area contributed by atoms with E-state index >= 15 is 0 Å². The molecule has 1 aromatic heterocycles. The summed E-state index contributed by atoms with van der Waals surface area (Å²) in [4.78, 5) is 9.35. The minimum Gasteiger partial charge on any atom is -0.494 e. The van der Waals surface area contributed by atoms with Gasteiger partial charge in [-0.05, 0) is 73.8 Å². The summed E-state index contributed by atoms with van der Waals surface area (Å²) in [6, 6.07) is 8.20. The maximum Gasteiger partial charge on any atom is 0.159 e. The zero-order valence-electron chi connectivity index (χ0n) is 19.1. The van der Waals surface area contributed by atoms with E-state index in [4.69, 9.17) is 4.74 Å². The number of rotatable bonds is 12. The minimum atomic E-state index is 0.643. The van der Waals surface area contributed by atoms with E-state index in [0.29, 0.717) is 5.92 Å². The largest absolute Gasteiger partial charge is 0.494 e. The van der Waals surface area contributed by atoms with Gasteiger partial charge in [0.1, 0.15) is 5.75 Å². The first kappa shape index (κ1) is 22.8. The summed E-state index contributed by atoms with van der Waals surface area (Å²) < 4.78 is 5.84. The first-order valence-corrected chi connectivity index (χ1v) is 12.3. The standard InChI is InChI=1S/C27H40N2O/c1-3-5-7-9-19-30-26-17-15-24(16-18-26)27-28-20-25(21-29-27)23-13-11-22(12-14-23)10-8-6-4-2/h15-18,20-23H,3-14,19H2,1-2H3. The monoisotopic (exact) mass is 408 g/mol. The number of benzene rings is 1. The molecule has 1 saturated carbocycles. The van der Waals surface area contributed by atoms with Gasteiger partial charge in [-0.15, -0.1) is 0 Å². The fourth-order valence-electron chi connectivity index (χ4n) is 4.58. The van der Waals surface area contributed by atoms with Crippen LogP contribution in [0.2, 0.25) is 0 Å². The molecule has 0 saturated heterocycles. The molecule has 30 heavy (non-hydrogen) atoms. The van der Waals surface area contributed by atoms with Gasteiger partial charge in [-0.3, -0.25) is 0 Å². The van der Waals surface area contributed by atoms with Crippen molar-refractivity contribution < 1.29 is 4.74 Å². The van der Waals surface area contributed by atoms with E-state index in [1.165, 1.54) is 76.2 Å². The van der Waals surface area contributed by atoms with Gasteiger partial charge in [0.2, 0.25) is 0 Å². The molecule has 1 aliphatic rings. The summed E-state index contributed by atoms with van der Waals surface area (Å²) in [7, 11) is 0. The maximum absolute atomic E-state index is 5.84. The van der Waals surface area contributed by atoms with Gasteiger partial charge in [0, 0.05) is 18.0 Å². The van der Waals surface area contributed by atoms with E-state index in [1.54, 1.807) is 0 Å². The van der Waals surface area contributed by atoms with Crippen LogP contribution in [0.25, 0.3) is 11.4 Å². The normalized spacial score (nSPS) is 19.0. The summed E-state index contributed by atoms with van der Waals surface area (Å²) in [6.45, 7) is 5.32. The van der Waals surface area contributed by atoms with Crippen LogP contribution >= 0.6 is 0 Å². The third-order valence-electron chi connectivity index (χ3n) is 6.59. The minimum absolute atomic E-state index is 0.643. The van der Waals surface area contributed by atoms with E-state index in [2.05, 4.69) is 48.3 Å². The maximum atomic E-state index is 5.84. The lowest BCUT2D eigenvalue weighted by Crippen LogP contribution is -2.14. The highest BCUT2D eigenvalue weighted by Gasteiger charge is 2.22. The smallest absolute Gasteiger partial charge is 0.159 e. The van der Waals surface area contributed by atoms with Gasteiger partial charge in [-0.25, -0.2) is 9.97 Å². The third kappa shape index (κ3) is 7.11. The Morgan fingerprint density at radius 1 is 0.800 bits per heavy atom. The lowest BCUT2D eigenvalue weighted by Gasteiger charge is -2.28. The van der Waals surface area contributed by atoms with Gasteiger partial charge < -0.3 is 4.74 Å². The number of hydrogen-bond donors (Lipinski definition) is 0. The molecule has 164 valence electrons. The van der Waals surface area contributed by atoms with E-state index in [9.17, 15) is 0 Å². The Morgan fingerprint density at radius 3 is 2.13 bits per heavy atom. The zero-order valence-corrected chi connectivity index (χ0v) is 19.1. The third-order valence-corrected chi connectivity index (χ3v) is 6.59. The fourth-order valence-corrected chi connectivity index (χ4v) is 4.58. The number of hydrogen-bond acceptors (Lipinski definition) is 3. The molecule has 1 aromatic carbocycles. The molecule has 1 aliphatic carbocycles. The molecular formula is C27H40N2O. The average molecular weight is 409 g/mol. The van der Waals surface area contributed by atoms with Crippen molar-refractivity contribution in [2.75, 3.05) is 6.61 Å². The number of nitrogens with zero attached hydrogens (tertiary/aromatic N) is 2. The summed E-state index contributed by atoms with van der Waals surface area (Å²) in [5.41, 5.74) is 2.37. The highest BCUT2D eigenvalue weighted by atomic mass is 16.5. The van der Waals surface area contributed by atoms with Gasteiger partial charge in [-0.1, -0.05) is 58.8 Å².